The van der Waals surface area contributed by atoms with Crippen LogP contribution in [0.4, 0.5) is 0 Å². The van der Waals surface area contributed by atoms with E-state index in [1.807, 2.05) is 36.8 Å². The van der Waals surface area contributed by atoms with Crippen LogP contribution < -0.4 is 5.32 Å². The van der Waals surface area contributed by atoms with E-state index in [0.717, 1.165) is 31.2 Å². The standard InChI is InChI=1S/C12H16N4/c1-2-13-9-12-15-7-8-16(12)10-11-5-3-4-6-14-11/h3-8,13H,2,9-10H2,1H3. The van der Waals surface area contributed by atoms with Crippen LogP contribution in [0.15, 0.2) is 36.8 Å². The quantitative estimate of drug-likeness (QED) is 0.822. The van der Waals surface area contributed by atoms with Gasteiger partial charge in [-0.25, -0.2) is 4.98 Å². The van der Waals surface area contributed by atoms with E-state index in [2.05, 4.69) is 26.8 Å². The van der Waals surface area contributed by atoms with Crippen molar-refractivity contribution in [1.29, 1.82) is 0 Å². The third-order valence-electron chi connectivity index (χ3n) is 2.39. The van der Waals surface area contributed by atoms with Crippen LogP contribution in [-0.2, 0) is 13.1 Å². The molecule has 0 spiro atoms. The highest BCUT2D eigenvalue weighted by molar-refractivity contribution is 5.06. The molecule has 16 heavy (non-hydrogen) atoms. The maximum atomic E-state index is 4.32. The normalized spacial score (nSPS) is 10.6. The minimum absolute atomic E-state index is 0.779. The third-order valence-corrected chi connectivity index (χ3v) is 2.39. The van der Waals surface area contributed by atoms with Gasteiger partial charge in [0.2, 0.25) is 0 Å². The van der Waals surface area contributed by atoms with E-state index in [1.165, 1.54) is 0 Å². The summed E-state index contributed by atoms with van der Waals surface area (Å²) in [6.07, 6.45) is 5.63. The molecule has 0 aromatic carbocycles. The summed E-state index contributed by atoms with van der Waals surface area (Å²) in [6, 6.07) is 5.96. The fourth-order valence-corrected chi connectivity index (χ4v) is 1.55. The van der Waals surface area contributed by atoms with Crippen molar-refractivity contribution in [2.24, 2.45) is 0 Å². The Labute approximate surface area is 95.4 Å². The highest BCUT2D eigenvalue weighted by atomic mass is 15.1. The highest BCUT2D eigenvalue weighted by Gasteiger charge is 2.02. The van der Waals surface area contributed by atoms with Crippen molar-refractivity contribution in [1.82, 2.24) is 19.9 Å². The number of aromatic nitrogens is 3. The largest absolute Gasteiger partial charge is 0.328 e. The molecule has 4 nitrogen and oxygen atoms in total. The summed E-state index contributed by atoms with van der Waals surface area (Å²) < 4.78 is 2.12. The number of hydrogen-bond acceptors (Lipinski definition) is 3. The number of nitrogens with one attached hydrogen (secondary N) is 1. The Balaban J connectivity index is 2.07. The maximum absolute atomic E-state index is 4.32. The summed E-state index contributed by atoms with van der Waals surface area (Å²) in [7, 11) is 0. The highest BCUT2D eigenvalue weighted by Crippen LogP contribution is 2.02. The monoisotopic (exact) mass is 216 g/mol. The fraction of sp³-hybridized carbons (Fsp3) is 0.333. The van der Waals surface area contributed by atoms with E-state index in [-0.39, 0.29) is 0 Å². The molecule has 0 aliphatic carbocycles. The first-order valence-corrected chi connectivity index (χ1v) is 5.50. The Morgan fingerprint density at radius 1 is 1.25 bits per heavy atom. The van der Waals surface area contributed by atoms with Crippen LogP contribution in [0.3, 0.4) is 0 Å². The summed E-state index contributed by atoms with van der Waals surface area (Å²) in [6.45, 7) is 4.63. The molecule has 2 aromatic rings. The van der Waals surface area contributed by atoms with Crippen LogP contribution in [0.1, 0.15) is 18.4 Å². The molecule has 0 radical (unpaired) electrons. The molecule has 0 amide bonds. The lowest BCUT2D eigenvalue weighted by Crippen LogP contribution is -2.16. The second kappa shape index (κ2) is 5.42. The Morgan fingerprint density at radius 3 is 2.94 bits per heavy atom. The maximum Gasteiger partial charge on any atom is 0.123 e. The molecule has 0 atom stereocenters. The summed E-state index contributed by atoms with van der Waals surface area (Å²) in [4.78, 5) is 8.63. The van der Waals surface area contributed by atoms with Gasteiger partial charge < -0.3 is 9.88 Å². The van der Waals surface area contributed by atoms with Gasteiger partial charge in [0, 0.05) is 18.6 Å². The second-order valence-corrected chi connectivity index (χ2v) is 3.57. The van der Waals surface area contributed by atoms with Crippen LogP contribution in [-0.4, -0.2) is 21.1 Å². The molecule has 4 heteroatoms. The van der Waals surface area contributed by atoms with Crippen molar-refractivity contribution in [3.8, 4) is 0 Å². The number of imidazole rings is 1. The molecule has 2 heterocycles. The molecular formula is C12H16N4. The summed E-state index contributed by atoms with van der Waals surface area (Å²) >= 11 is 0. The molecule has 0 bridgehead atoms. The first-order chi connectivity index (χ1) is 7.90. The van der Waals surface area contributed by atoms with Crippen LogP contribution >= 0.6 is 0 Å². The van der Waals surface area contributed by atoms with Gasteiger partial charge in [0.25, 0.3) is 0 Å². The average Bonchev–Trinajstić information content (AvgIpc) is 2.75. The van der Waals surface area contributed by atoms with Crippen molar-refractivity contribution in [2.75, 3.05) is 6.54 Å². The number of hydrogen-bond donors (Lipinski definition) is 1. The first kappa shape index (κ1) is 10.8. The van der Waals surface area contributed by atoms with Crippen LogP contribution in [0.5, 0.6) is 0 Å². The molecule has 0 saturated heterocycles. The average molecular weight is 216 g/mol. The van der Waals surface area contributed by atoms with Crippen molar-refractivity contribution in [2.45, 2.75) is 20.0 Å². The molecule has 0 saturated carbocycles. The number of nitrogens with zero attached hydrogens (tertiary/aromatic N) is 3. The molecular weight excluding hydrogens is 200 g/mol. The van der Waals surface area contributed by atoms with Crippen molar-refractivity contribution < 1.29 is 0 Å². The summed E-state index contributed by atoms with van der Waals surface area (Å²) in [5, 5.41) is 3.27. The number of rotatable bonds is 5. The zero-order chi connectivity index (χ0) is 11.2. The van der Waals surface area contributed by atoms with E-state index >= 15 is 0 Å². The molecule has 1 N–H and O–H groups in total. The van der Waals surface area contributed by atoms with E-state index in [4.69, 9.17) is 0 Å². The molecule has 0 fully saturated rings. The van der Waals surface area contributed by atoms with E-state index in [0.29, 0.717) is 0 Å². The lowest BCUT2D eigenvalue weighted by atomic mass is 10.3. The van der Waals surface area contributed by atoms with Gasteiger partial charge >= 0.3 is 0 Å². The lowest BCUT2D eigenvalue weighted by molar-refractivity contribution is 0.634. The van der Waals surface area contributed by atoms with Crippen molar-refractivity contribution in [3.63, 3.8) is 0 Å². The summed E-state index contributed by atoms with van der Waals surface area (Å²) in [5.41, 5.74) is 1.05. The van der Waals surface area contributed by atoms with E-state index in [9.17, 15) is 0 Å². The van der Waals surface area contributed by atoms with Gasteiger partial charge in [-0.15, -0.1) is 0 Å². The van der Waals surface area contributed by atoms with Gasteiger partial charge in [0.05, 0.1) is 18.8 Å². The van der Waals surface area contributed by atoms with Gasteiger partial charge in [0.15, 0.2) is 0 Å². The lowest BCUT2D eigenvalue weighted by Gasteiger charge is -2.07. The predicted octanol–water partition coefficient (Wildman–Crippen LogP) is 1.44. The Kier molecular flexibility index (Phi) is 3.66. The Morgan fingerprint density at radius 2 is 2.19 bits per heavy atom. The minimum Gasteiger partial charge on any atom is -0.328 e. The summed E-state index contributed by atoms with van der Waals surface area (Å²) in [5.74, 6) is 1.05. The van der Waals surface area contributed by atoms with Crippen LogP contribution in [0.25, 0.3) is 0 Å². The smallest absolute Gasteiger partial charge is 0.123 e. The zero-order valence-electron chi connectivity index (χ0n) is 9.43. The van der Waals surface area contributed by atoms with Gasteiger partial charge in [0.1, 0.15) is 5.82 Å². The fourth-order valence-electron chi connectivity index (χ4n) is 1.55. The van der Waals surface area contributed by atoms with Crippen LogP contribution in [0.2, 0.25) is 0 Å². The van der Waals surface area contributed by atoms with E-state index in [1.54, 1.807) is 0 Å². The molecule has 0 aliphatic heterocycles. The minimum atomic E-state index is 0.779. The topological polar surface area (TPSA) is 42.7 Å². The second-order valence-electron chi connectivity index (χ2n) is 3.57. The van der Waals surface area contributed by atoms with E-state index < -0.39 is 0 Å². The first-order valence-electron chi connectivity index (χ1n) is 5.50. The van der Waals surface area contributed by atoms with Gasteiger partial charge in [-0.05, 0) is 18.7 Å². The zero-order valence-corrected chi connectivity index (χ0v) is 9.43. The predicted molar refractivity (Wildman–Crippen MR) is 62.9 cm³/mol. The molecule has 2 aromatic heterocycles. The number of pyridine rings is 1. The Bertz CT molecular complexity index is 422. The molecule has 2 rings (SSSR count). The SMILES string of the molecule is CCNCc1nccn1Cc1ccccn1. The Hall–Kier alpha value is -1.68. The van der Waals surface area contributed by atoms with Crippen molar-refractivity contribution >= 4 is 0 Å². The van der Waals surface area contributed by atoms with Crippen LogP contribution in [0, 0.1) is 0 Å². The van der Waals surface area contributed by atoms with Gasteiger partial charge in [-0.1, -0.05) is 13.0 Å². The third kappa shape index (κ3) is 2.67. The van der Waals surface area contributed by atoms with Gasteiger partial charge in [-0.2, -0.15) is 0 Å². The molecule has 84 valence electrons. The molecule has 0 unspecified atom stereocenters. The molecule has 0 aliphatic rings. The van der Waals surface area contributed by atoms with Gasteiger partial charge in [-0.3, -0.25) is 4.98 Å². The van der Waals surface area contributed by atoms with Crippen molar-refractivity contribution in [3.05, 3.63) is 48.3 Å².